The normalized spacial score (nSPS) is 12.7. The maximum absolute atomic E-state index is 4.35. The van der Waals surface area contributed by atoms with Crippen LogP contribution in [0.15, 0.2) is 42.7 Å². The zero-order chi connectivity index (χ0) is 14.5. The fraction of sp³-hybridized carbons (Fsp3) is 0.250. The summed E-state index contributed by atoms with van der Waals surface area (Å²) in [4.78, 5) is 7.71. The van der Waals surface area contributed by atoms with Crippen molar-refractivity contribution in [1.82, 2.24) is 9.80 Å². The summed E-state index contributed by atoms with van der Waals surface area (Å²) in [6.07, 6.45) is 4.01. The van der Waals surface area contributed by atoms with Crippen LogP contribution in [0.5, 0.6) is 0 Å². The number of hydrogen-bond donors (Lipinski definition) is 1. The fourth-order valence-electron chi connectivity index (χ4n) is 1.32. The van der Waals surface area contributed by atoms with Crippen molar-refractivity contribution >= 4 is 38.7 Å². The van der Waals surface area contributed by atoms with Gasteiger partial charge in [-0.2, -0.15) is 0 Å². The topological polar surface area (TPSA) is 41.7 Å². The van der Waals surface area contributed by atoms with E-state index >= 15 is 0 Å². The molecule has 19 heavy (non-hydrogen) atoms. The Morgan fingerprint density at radius 3 is 2.21 bits per heavy atom. The zero-order valence-corrected chi connectivity index (χ0v) is 17.3. The van der Waals surface area contributed by atoms with Crippen LogP contribution in [0.1, 0.15) is 5.56 Å². The van der Waals surface area contributed by atoms with Gasteiger partial charge in [-0.3, -0.25) is 0 Å². The molecule has 2 radical (unpaired) electrons. The number of halogens is 2. The fourth-order valence-corrected chi connectivity index (χ4v) is 1.32. The summed E-state index contributed by atoms with van der Waals surface area (Å²) in [6, 6.07) is 10.4. The Labute approximate surface area is 144 Å². The summed E-state index contributed by atoms with van der Waals surface area (Å²) in [6.45, 7) is 4.05. The SMILES string of the molecule is CN1[C]N(Cc2ccccc2)C=C1.CON.[I][Pt][I]. The number of rotatable bonds is 2. The zero-order valence-electron chi connectivity index (χ0n) is 10.7. The second-order valence-corrected chi connectivity index (χ2v) is 20.0. The van der Waals surface area contributed by atoms with Crippen molar-refractivity contribution in [2.45, 2.75) is 6.54 Å². The summed E-state index contributed by atoms with van der Waals surface area (Å²) in [7, 11) is 3.38. The molecule has 0 aliphatic carbocycles. The van der Waals surface area contributed by atoms with E-state index < -0.39 is 0 Å². The molecule has 110 valence electrons. The van der Waals surface area contributed by atoms with Crippen LogP contribution in [-0.4, -0.2) is 24.0 Å². The molecule has 1 aliphatic rings. The van der Waals surface area contributed by atoms with Crippen molar-refractivity contribution in [3.05, 3.63) is 55.0 Å². The van der Waals surface area contributed by atoms with Crippen molar-refractivity contribution in [3.63, 3.8) is 0 Å². The third-order valence-corrected chi connectivity index (χ3v) is 1.95. The molecule has 1 heterocycles. The molecule has 0 spiro atoms. The Hall–Kier alpha value is 0.628. The quantitative estimate of drug-likeness (QED) is 0.389. The van der Waals surface area contributed by atoms with E-state index in [1.54, 1.807) is 0 Å². The number of nitrogens with two attached hydrogens (primary N) is 1. The molecular weight excluding hydrogens is 651 g/mol. The molecule has 1 aliphatic heterocycles. The molecule has 0 aromatic heterocycles. The van der Waals surface area contributed by atoms with Gasteiger partial charge in [0, 0.05) is 26.0 Å². The second kappa shape index (κ2) is 13.6. The van der Waals surface area contributed by atoms with E-state index in [0.29, 0.717) is 11.2 Å². The minimum atomic E-state index is 0.523. The van der Waals surface area contributed by atoms with Crippen molar-refractivity contribution in [2.75, 3.05) is 14.2 Å². The molecule has 0 amide bonds. The van der Waals surface area contributed by atoms with Crippen LogP contribution in [0.3, 0.4) is 0 Å². The van der Waals surface area contributed by atoms with Gasteiger partial charge in [-0.25, -0.2) is 5.90 Å². The van der Waals surface area contributed by atoms with Gasteiger partial charge in [-0.05, 0) is 5.56 Å². The number of nitrogens with zero attached hydrogens (tertiary/aromatic N) is 2. The van der Waals surface area contributed by atoms with E-state index in [2.05, 4.69) is 80.4 Å². The van der Waals surface area contributed by atoms with Crippen molar-refractivity contribution < 1.29 is 16.0 Å². The van der Waals surface area contributed by atoms with Gasteiger partial charge in [0.15, 0.2) is 0 Å². The van der Waals surface area contributed by atoms with E-state index in [1.165, 1.54) is 12.7 Å². The number of benzene rings is 1. The van der Waals surface area contributed by atoms with Gasteiger partial charge in [-0.1, -0.05) is 30.3 Å². The second-order valence-electron chi connectivity index (χ2n) is 3.40. The van der Waals surface area contributed by atoms with Crippen LogP contribution in [0.4, 0.5) is 0 Å². The molecule has 2 rings (SSSR count). The van der Waals surface area contributed by atoms with Gasteiger partial charge < -0.3 is 14.6 Å². The van der Waals surface area contributed by atoms with Crippen LogP contribution < -0.4 is 5.90 Å². The van der Waals surface area contributed by atoms with Gasteiger partial charge in [-0.15, -0.1) is 0 Å². The molecule has 0 bridgehead atoms. The summed E-state index contributed by atoms with van der Waals surface area (Å²) in [5, 5.41) is 0. The molecule has 1 aromatic carbocycles. The van der Waals surface area contributed by atoms with Crippen LogP contribution in [0, 0.1) is 6.67 Å². The van der Waals surface area contributed by atoms with E-state index in [1.807, 2.05) is 35.3 Å². The maximum atomic E-state index is 4.35. The van der Waals surface area contributed by atoms with Gasteiger partial charge in [0.1, 0.15) is 0 Å². The third-order valence-electron chi connectivity index (χ3n) is 1.95. The number of hydrogen-bond acceptors (Lipinski definition) is 4. The monoisotopic (exact) mass is 668 g/mol. The molecule has 2 N–H and O–H groups in total. The first-order valence-corrected chi connectivity index (χ1v) is 18.1. The Balaban J connectivity index is 0.000000465. The summed E-state index contributed by atoms with van der Waals surface area (Å²) < 4.78 is 0. The Kier molecular flexibility index (Phi) is 14.1. The van der Waals surface area contributed by atoms with E-state index in [0.717, 1.165) is 6.54 Å². The molecule has 0 unspecified atom stereocenters. The van der Waals surface area contributed by atoms with Gasteiger partial charge >= 0.3 is 49.9 Å². The van der Waals surface area contributed by atoms with E-state index in [9.17, 15) is 0 Å². The molecule has 0 saturated heterocycles. The summed E-state index contributed by atoms with van der Waals surface area (Å²) in [5.74, 6) is 4.35. The Bertz CT molecular complexity index is 339. The van der Waals surface area contributed by atoms with E-state index in [-0.39, 0.29) is 0 Å². The van der Waals surface area contributed by atoms with Crippen molar-refractivity contribution in [2.24, 2.45) is 5.90 Å². The molecule has 0 saturated carbocycles. The molecule has 7 heteroatoms. The molecule has 1 aromatic rings. The average molecular weight is 668 g/mol. The summed E-state index contributed by atoms with van der Waals surface area (Å²) in [5.41, 5.74) is 1.30. The third kappa shape index (κ3) is 11.0. The van der Waals surface area contributed by atoms with Crippen LogP contribution >= 0.6 is 38.7 Å². The van der Waals surface area contributed by atoms with Crippen LogP contribution in [-0.2, 0) is 22.6 Å². The first kappa shape index (κ1) is 19.6. The van der Waals surface area contributed by atoms with Crippen molar-refractivity contribution in [3.8, 4) is 0 Å². The van der Waals surface area contributed by atoms with Gasteiger partial charge in [0.2, 0.25) is 6.67 Å². The predicted octanol–water partition coefficient (Wildman–Crippen LogP) is 3.18. The van der Waals surface area contributed by atoms with E-state index in [4.69, 9.17) is 0 Å². The molecular formula is C12H17I2N3OPt. The Morgan fingerprint density at radius 1 is 1.26 bits per heavy atom. The minimum absolute atomic E-state index is 0.523. The van der Waals surface area contributed by atoms with Crippen LogP contribution in [0.2, 0.25) is 0 Å². The molecule has 4 nitrogen and oxygen atoms in total. The van der Waals surface area contributed by atoms with Crippen molar-refractivity contribution in [1.29, 1.82) is 0 Å². The van der Waals surface area contributed by atoms with Gasteiger partial charge in [0.05, 0.1) is 7.11 Å². The molecule has 0 atom stereocenters. The Morgan fingerprint density at radius 2 is 1.79 bits per heavy atom. The average Bonchev–Trinajstić information content (AvgIpc) is 2.78. The standard InChI is InChI=1S/C11H12N2.CH5NO.2HI.Pt/c1-12-7-8-13(10-12)9-11-5-3-2-4-6-11;1-3-2;;;/h2-8H,9H2,1H3;2H2,1H3;2*1H;/q;;;;+2/p-2. The van der Waals surface area contributed by atoms with Crippen LogP contribution in [0.25, 0.3) is 0 Å². The first-order valence-electron chi connectivity index (χ1n) is 5.21. The van der Waals surface area contributed by atoms with Gasteiger partial charge in [0.25, 0.3) is 0 Å². The molecule has 0 fully saturated rings. The predicted molar refractivity (Wildman–Crippen MR) is 91.4 cm³/mol. The first-order chi connectivity index (χ1) is 9.17. The summed E-state index contributed by atoms with van der Waals surface area (Å²) >= 11 is 5.30.